The summed E-state index contributed by atoms with van der Waals surface area (Å²) < 4.78 is 44.9. The van der Waals surface area contributed by atoms with E-state index in [0.29, 0.717) is 68.8 Å². The first-order valence-corrected chi connectivity index (χ1v) is 16.5. The second kappa shape index (κ2) is 14.9. The van der Waals surface area contributed by atoms with Gasteiger partial charge in [0.15, 0.2) is 27.8 Å². The Kier molecular flexibility index (Phi) is 10.8. The molecule has 4 aromatic rings. The lowest BCUT2D eigenvalue weighted by Gasteiger charge is -2.23. The lowest BCUT2D eigenvalue weighted by Crippen LogP contribution is -2.39. The van der Waals surface area contributed by atoms with Crippen molar-refractivity contribution in [1.29, 1.82) is 0 Å². The number of aromatic nitrogens is 1. The smallest absolute Gasteiger partial charge is 0.337 e. The number of carbonyl (C=O) groups is 1. The Morgan fingerprint density at radius 3 is 2.43 bits per heavy atom. The van der Waals surface area contributed by atoms with Crippen molar-refractivity contribution in [2.75, 3.05) is 26.9 Å². The van der Waals surface area contributed by atoms with Gasteiger partial charge in [-0.05, 0) is 103 Å². The van der Waals surface area contributed by atoms with Crippen LogP contribution in [0.5, 0.6) is 23.0 Å². The molecule has 0 N–H and O–H groups in total. The Labute approximate surface area is 282 Å². The van der Waals surface area contributed by atoms with Crippen LogP contribution < -0.4 is 33.8 Å². The summed E-state index contributed by atoms with van der Waals surface area (Å²) in [5.74, 6) is 1.15. The molecule has 46 heavy (non-hydrogen) atoms. The number of esters is 1. The average molecular weight is 759 g/mol. The first kappa shape index (κ1) is 33.2. The molecule has 9 nitrogen and oxygen atoms in total. The minimum atomic E-state index is -0.807. The van der Waals surface area contributed by atoms with Gasteiger partial charge in [0.25, 0.3) is 5.56 Å². The fourth-order valence-electron chi connectivity index (χ4n) is 5.00. The van der Waals surface area contributed by atoms with Crippen molar-refractivity contribution in [1.82, 2.24) is 4.57 Å². The molecular formula is C34H32FIN2O7S. The number of hydrogen-bond donors (Lipinski definition) is 0. The molecule has 2 heterocycles. The predicted molar refractivity (Wildman–Crippen MR) is 181 cm³/mol. The lowest BCUT2D eigenvalue weighted by molar-refractivity contribution is -0.136. The van der Waals surface area contributed by atoms with Gasteiger partial charge in [-0.1, -0.05) is 29.5 Å². The molecule has 0 aliphatic carbocycles. The van der Waals surface area contributed by atoms with E-state index in [1.807, 2.05) is 26.8 Å². The molecule has 1 aliphatic heterocycles. The largest absolute Gasteiger partial charge is 0.490 e. The third-order valence-corrected chi connectivity index (χ3v) is 8.71. The Morgan fingerprint density at radius 1 is 0.978 bits per heavy atom. The van der Waals surface area contributed by atoms with Crippen LogP contribution in [0.25, 0.3) is 6.08 Å². The number of halogens is 2. The molecule has 3 aromatic carbocycles. The molecule has 0 amide bonds. The van der Waals surface area contributed by atoms with E-state index in [1.165, 1.54) is 41.3 Å². The fourth-order valence-corrected chi connectivity index (χ4v) is 6.75. The van der Waals surface area contributed by atoms with Crippen LogP contribution in [0.2, 0.25) is 0 Å². The van der Waals surface area contributed by atoms with E-state index in [0.717, 1.165) is 3.57 Å². The molecular weight excluding hydrogens is 726 g/mol. The minimum Gasteiger partial charge on any atom is -0.490 e. The Morgan fingerprint density at radius 2 is 1.72 bits per heavy atom. The summed E-state index contributed by atoms with van der Waals surface area (Å²) in [6.45, 7) is 7.02. The highest BCUT2D eigenvalue weighted by Crippen LogP contribution is 2.36. The second-order valence-corrected chi connectivity index (χ2v) is 12.1. The third kappa shape index (κ3) is 7.12. The molecule has 0 fully saturated rings. The van der Waals surface area contributed by atoms with Crippen molar-refractivity contribution in [3.05, 3.63) is 112 Å². The van der Waals surface area contributed by atoms with E-state index in [1.54, 1.807) is 42.5 Å². The standard InChI is InChI=1S/C34H32FIN2O7S/c1-5-42-26-12-11-22(17-27(26)43-6-2)30-24(33(40)41-4)18-37-34-38(30)32(39)29(46-34)16-21-14-25(36)31(28(15-21)44-7-3)45-19-20-9-8-10-23(35)13-20/h8-18,30H,5-7,19H2,1-4H3/b29-16-/t30-/m0/s1. The van der Waals surface area contributed by atoms with Crippen LogP contribution in [0, 0.1) is 9.39 Å². The Bertz CT molecular complexity index is 1970. The van der Waals surface area contributed by atoms with Gasteiger partial charge in [-0.25, -0.2) is 14.2 Å². The molecule has 1 atom stereocenters. The number of nitrogens with zero attached hydrogens (tertiary/aromatic N) is 2. The van der Waals surface area contributed by atoms with E-state index in [4.69, 9.17) is 23.7 Å². The molecule has 12 heteroatoms. The van der Waals surface area contributed by atoms with Crippen LogP contribution in [0.3, 0.4) is 0 Å². The van der Waals surface area contributed by atoms with Gasteiger partial charge in [0, 0.05) is 6.20 Å². The SMILES string of the molecule is CCOc1ccc([C@H]2C(C(=O)OC)=CN=c3s/c(=C\c4cc(I)c(OCc5cccc(F)c5)c(OCC)c4)c(=O)n32)cc1OCC. The number of rotatable bonds is 12. The number of benzene rings is 3. The van der Waals surface area contributed by atoms with Crippen LogP contribution in [-0.4, -0.2) is 37.5 Å². The van der Waals surface area contributed by atoms with E-state index in [-0.39, 0.29) is 23.6 Å². The van der Waals surface area contributed by atoms with Gasteiger partial charge < -0.3 is 23.7 Å². The number of thiazole rings is 1. The van der Waals surface area contributed by atoms with Crippen LogP contribution >= 0.6 is 33.9 Å². The summed E-state index contributed by atoms with van der Waals surface area (Å²) in [5, 5.41) is 0. The summed E-state index contributed by atoms with van der Waals surface area (Å²) in [7, 11) is 1.29. The highest BCUT2D eigenvalue weighted by molar-refractivity contribution is 14.1. The average Bonchev–Trinajstić information content (AvgIpc) is 3.35. The number of ether oxygens (including phenoxy) is 5. The maximum atomic E-state index is 14.0. The van der Waals surface area contributed by atoms with E-state index in [9.17, 15) is 14.0 Å². The first-order chi connectivity index (χ1) is 22.3. The van der Waals surface area contributed by atoms with Crippen molar-refractivity contribution < 1.29 is 32.9 Å². The number of hydrogen-bond acceptors (Lipinski definition) is 9. The summed E-state index contributed by atoms with van der Waals surface area (Å²) in [4.78, 5) is 31.8. The van der Waals surface area contributed by atoms with Gasteiger partial charge >= 0.3 is 5.97 Å². The quantitative estimate of drug-likeness (QED) is 0.138. The lowest BCUT2D eigenvalue weighted by atomic mass is 9.97. The van der Waals surface area contributed by atoms with Gasteiger partial charge in [-0.3, -0.25) is 9.36 Å². The van der Waals surface area contributed by atoms with Gasteiger partial charge in [0.05, 0.1) is 46.6 Å². The molecule has 0 saturated heterocycles. The minimum absolute atomic E-state index is 0.158. The van der Waals surface area contributed by atoms with E-state index in [2.05, 4.69) is 27.6 Å². The Hall–Kier alpha value is -4.17. The molecule has 240 valence electrons. The molecule has 0 bridgehead atoms. The van der Waals surface area contributed by atoms with Gasteiger partial charge in [0.1, 0.15) is 12.4 Å². The van der Waals surface area contributed by atoms with Gasteiger partial charge in [-0.15, -0.1) is 0 Å². The first-order valence-electron chi connectivity index (χ1n) is 14.6. The van der Waals surface area contributed by atoms with Crippen molar-refractivity contribution in [2.24, 2.45) is 4.99 Å². The van der Waals surface area contributed by atoms with Gasteiger partial charge in [0.2, 0.25) is 0 Å². The highest BCUT2D eigenvalue weighted by atomic mass is 127. The maximum absolute atomic E-state index is 14.0. The van der Waals surface area contributed by atoms with E-state index >= 15 is 0 Å². The molecule has 5 rings (SSSR count). The number of carbonyl (C=O) groups excluding carboxylic acids is 1. The summed E-state index contributed by atoms with van der Waals surface area (Å²) >= 11 is 3.36. The van der Waals surface area contributed by atoms with Crippen molar-refractivity contribution in [2.45, 2.75) is 33.4 Å². The molecule has 0 radical (unpaired) electrons. The van der Waals surface area contributed by atoms with Crippen LogP contribution in [0.15, 0.2) is 76.2 Å². The molecule has 0 saturated carbocycles. The molecule has 0 unspecified atom stereocenters. The predicted octanol–water partition coefficient (Wildman–Crippen LogP) is 5.54. The Balaban J connectivity index is 1.57. The monoisotopic (exact) mass is 758 g/mol. The van der Waals surface area contributed by atoms with Crippen molar-refractivity contribution in [3.63, 3.8) is 0 Å². The summed E-state index contributed by atoms with van der Waals surface area (Å²) in [5.41, 5.74) is 1.92. The molecule has 1 aromatic heterocycles. The van der Waals surface area contributed by atoms with Crippen LogP contribution in [0.1, 0.15) is 43.5 Å². The van der Waals surface area contributed by atoms with Crippen LogP contribution in [-0.2, 0) is 16.1 Å². The highest BCUT2D eigenvalue weighted by Gasteiger charge is 2.31. The van der Waals surface area contributed by atoms with Crippen LogP contribution in [0.4, 0.5) is 4.39 Å². The zero-order chi connectivity index (χ0) is 32.8. The third-order valence-electron chi connectivity index (χ3n) is 6.91. The normalized spacial score (nSPS) is 14.2. The van der Waals surface area contributed by atoms with Crippen molar-refractivity contribution >= 4 is 46.0 Å². The number of methoxy groups -OCH3 is 1. The maximum Gasteiger partial charge on any atom is 0.337 e. The number of fused-ring (bicyclic) bond motifs is 1. The molecule has 1 aliphatic rings. The zero-order valence-corrected chi connectivity index (χ0v) is 28.6. The van der Waals surface area contributed by atoms with Gasteiger partial charge in [-0.2, -0.15) is 0 Å². The fraction of sp³-hybridized carbons (Fsp3) is 0.265. The molecule has 0 spiro atoms. The summed E-state index contributed by atoms with van der Waals surface area (Å²) in [6, 6.07) is 14.4. The topological polar surface area (TPSA) is 97.6 Å². The second-order valence-electron chi connectivity index (χ2n) is 9.93. The zero-order valence-electron chi connectivity index (χ0n) is 25.7. The summed E-state index contributed by atoms with van der Waals surface area (Å²) in [6.07, 6.45) is 3.21. The van der Waals surface area contributed by atoms with E-state index < -0.39 is 12.0 Å². The van der Waals surface area contributed by atoms with Crippen molar-refractivity contribution in [3.8, 4) is 23.0 Å².